The summed E-state index contributed by atoms with van der Waals surface area (Å²) in [6.07, 6.45) is 18.2. The van der Waals surface area contributed by atoms with Gasteiger partial charge in [-0.15, -0.1) is 70.6 Å². The highest BCUT2D eigenvalue weighted by Gasteiger charge is 2.42. The average molecular weight is 1420 g/mol. The van der Waals surface area contributed by atoms with Crippen LogP contribution in [0.5, 0.6) is 0 Å². The Labute approximate surface area is 574 Å². The Morgan fingerprint density at radius 2 is 0.640 bits per heavy atom. The molecule has 0 N–H and O–H groups in total. The molecule has 10 rings (SSSR count). The Balaban J connectivity index is 0.671. The van der Waals surface area contributed by atoms with Gasteiger partial charge in [0.1, 0.15) is 0 Å². The van der Waals surface area contributed by atoms with Crippen molar-refractivity contribution < 1.29 is 19.2 Å². The van der Waals surface area contributed by atoms with Crippen LogP contribution in [0.25, 0.3) is 10.8 Å². The molecule has 6 aliphatic heterocycles. The van der Waals surface area contributed by atoms with Crippen LogP contribution in [0.4, 0.5) is 0 Å². The molecule has 20 heteroatoms. The fourth-order valence-corrected chi connectivity index (χ4v) is 33.6. The molecule has 6 nitrogen and oxygen atoms in total. The number of amides is 4. The SMILES string of the molecule is CCC(CC)CSC1=C(SCC(CC)CC)SC(=C2SC=C(SCC3CCC(CN4C(=O)c5ccc6c7c(ccc(c57)C4=O)C(=O)N(CC4CCC(CSC5=CSC(=C7SC(SCC(CC)CC)=C(SCC(CC)CC)S7)S5)CC4)C6=O)CC3)S2)S1. The zero-order chi connectivity index (χ0) is 60.4. The number of carbonyl (C=O) groups excluding carboxylic acids is 4. The number of thioether (sulfide) groups is 14. The maximum absolute atomic E-state index is 14.4. The highest BCUT2D eigenvalue weighted by Crippen LogP contribution is 2.65. The lowest BCUT2D eigenvalue weighted by Gasteiger charge is -2.36. The molecule has 6 heterocycles. The van der Waals surface area contributed by atoms with Crippen LogP contribution in [0.3, 0.4) is 0 Å². The third-order valence-corrected chi connectivity index (χ3v) is 39.5. The molecule has 86 heavy (non-hydrogen) atoms. The van der Waals surface area contributed by atoms with Crippen LogP contribution in [-0.2, 0) is 0 Å². The maximum Gasteiger partial charge on any atom is 0.261 e. The number of carbonyl (C=O) groups is 4. The molecule has 4 amide bonds. The van der Waals surface area contributed by atoms with Gasteiger partial charge in [0.15, 0.2) is 0 Å². The second kappa shape index (κ2) is 33.6. The van der Waals surface area contributed by atoms with Crippen LogP contribution in [0.2, 0.25) is 0 Å². The molecule has 0 spiro atoms. The summed E-state index contributed by atoms with van der Waals surface area (Å²) < 4.78 is 14.7. The third-order valence-electron chi connectivity index (χ3n) is 18.5. The third kappa shape index (κ3) is 16.9. The van der Waals surface area contributed by atoms with E-state index in [1.54, 1.807) is 24.3 Å². The monoisotopic (exact) mass is 1420 g/mol. The lowest BCUT2D eigenvalue weighted by Crippen LogP contribution is -2.46. The van der Waals surface area contributed by atoms with Gasteiger partial charge in [0.05, 0.1) is 42.4 Å². The van der Waals surface area contributed by atoms with Crippen molar-refractivity contribution in [3.05, 3.63) is 99.7 Å². The van der Waals surface area contributed by atoms with E-state index in [9.17, 15) is 19.2 Å². The molecular weight excluding hydrogens is 1330 g/mol. The number of rotatable bonds is 30. The first-order valence-electron chi connectivity index (χ1n) is 31.7. The molecule has 2 aromatic rings. The van der Waals surface area contributed by atoms with Gasteiger partial charge in [-0.25, -0.2) is 0 Å². The zero-order valence-electron chi connectivity index (χ0n) is 51.3. The quantitative estimate of drug-likeness (QED) is 0.0696. The molecule has 0 atom stereocenters. The average Bonchev–Trinajstić information content (AvgIpc) is 0.996. The Morgan fingerprint density at radius 3 is 0.907 bits per heavy atom. The van der Waals surface area contributed by atoms with E-state index in [1.807, 2.05) is 118 Å². The van der Waals surface area contributed by atoms with Crippen molar-refractivity contribution in [1.82, 2.24) is 9.80 Å². The molecule has 2 aliphatic carbocycles. The van der Waals surface area contributed by atoms with Crippen molar-refractivity contribution in [2.75, 3.05) is 47.6 Å². The van der Waals surface area contributed by atoms with E-state index in [0.29, 0.717) is 58.0 Å². The molecule has 468 valence electrons. The second-order valence-electron chi connectivity index (χ2n) is 23.9. The predicted molar refractivity (Wildman–Crippen MR) is 402 cm³/mol. The molecular formula is C66H86N2O4S14. The van der Waals surface area contributed by atoms with Gasteiger partial charge in [-0.05, 0) is 134 Å². The van der Waals surface area contributed by atoms with Crippen LogP contribution in [-0.4, -0.2) is 81.0 Å². The summed E-state index contributed by atoms with van der Waals surface area (Å²) in [7, 11) is 0. The molecule has 8 aliphatic rings. The van der Waals surface area contributed by atoms with Gasteiger partial charge in [-0.3, -0.25) is 29.0 Å². The number of benzene rings is 2. The second-order valence-corrected chi connectivity index (χ2v) is 40.7. The Hall–Kier alpha value is 0.320. The minimum atomic E-state index is -0.314. The summed E-state index contributed by atoms with van der Waals surface area (Å²) in [6, 6.07) is 6.96. The lowest BCUT2D eigenvalue weighted by molar-refractivity contribution is 0.0546. The van der Waals surface area contributed by atoms with E-state index < -0.39 is 0 Å². The molecule has 0 saturated heterocycles. The first kappa shape index (κ1) is 69.2. The maximum atomic E-state index is 14.4. The van der Waals surface area contributed by atoms with Gasteiger partial charge in [-0.1, -0.05) is 201 Å². The van der Waals surface area contributed by atoms with E-state index in [0.717, 1.165) is 86.5 Å². The smallest absolute Gasteiger partial charge is 0.261 e. The fraction of sp³-hybridized carbons (Fsp3) is 0.606. The van der Waals surface area contributed by atoms with Crippen molar-refractivity contribution >= 4 is 199 Å². The van der Waals surface area contributed by atoms with Crippen molar-refractivity contribution in [1.29, 1.82) is 0 Å². The van der Waals surface area contributed by atoms with Gasteiger partial charge in [-0.2, -0.15) is 0 Å². The molecule has 2 saturated carbocycles. The summed E-state index contributed by atoms with van der Waals surface area (Å²) >= 11 is 28.2. The first-order chi connectivity index (χ1) is 41.9. The Morgan fingerprint density at radius 1 is 0.372 bits per heavy atom. The summed E-state index contributed by atoms with van der Waals surface area (Å²) in [5.74, 6) is 10.5. The summed E-state index contributed by atoms with van der Waals surface area (Å²) in [6.45, 7) is 19.4. The Kier molecular flexibility index (Phi) is 27.0. The van der Waals surface area contributed by atoms with Crippen molar-refractivity contribution in [2.45, 2.75) is 158 Å². The fourth-order valence-electron chi connectivity index (χ4n) is 12.1. The Bertz CT molecular complexity index is 2680. The zero-order valence-corrected chi connectivity index (χ0v) is 62.7. The number of imide groups is 2. The molecule has 0 unspecified atom stereocenters. The van der Waals surface area contributed by atoms with Crippen LogP contribution < -0.4 is 0 Å². The normalized spacial score (nSPS) is 22.9. The lowest BCUT2D eigenvalue weighted by atomic mass is 9.81. The van der Waals surface area contributed by atoms with Crippen LogP contribution in [0.15, 0.2) is 77.5 Å². The highest BCUT2D eigenvalue weighted by atomic mass is 32.3. The highest BCUT2D eigenvalue weighted by molar-refractivity contribution is 8.44. The van der Waals surface area contributed by atoms with Crippen molar-refractivity contribution in [3.8, 4) is 0 Å². The number of nitrogens with zero attached hydrogens (tertiary/aromatic N) is 2. The summed E-state index contributed by atoms with van der Waals surface area (Å²) in [5.41, 5.74) is 1.68. The largest absolute Gasteiger partial charge is 0.274 e. The molecule has 2 fully saturated rings. The topological polar surface area (TPSA) is 74.8 Å². The number of hydrogen-bond donors (Lipinski definition) is 0. The molecule has 0 radical (unpaired) electrons. The number of hydrogen-bond acceptors (Lipinski definition) is 18. The van der Waals surface area contributed by atoms with Crippen LogP contribution >= 0.6 is 165 Å². The van der Waals surface area contributed by atoms with Crippen molar-refractivity contribution in [3.63, 3.8) is 0 Å². The molecule has 0 bridgehead atoms. The van der Waals surface area contributed by atoms with E-state index in [1.165, 1.54) is 127 Å². The molecule has 0 aromatic heterocycles. The van der Waals surface area contributed by atoms with Gasteiger partial charge < -0.3 is 0 Å². The minimum absolute atomic E-state index is 0.241. The van der Waals surface area contributed by atoms with Crippen LogP contribution in [0.1, 0.15) is 200 Å². The van der Waals surface area contributed by atoms with E-state index >= 15 is 0 Å². The van der Waals surface area contributed by atoms with Gasteiger partial charge in [0, 0.05) is 80.6 Å². The summed E-state index contributed by atoms with van der Waals surface area (Å²) in [5, 5.41) is 5.68. The first-order valence-corrected chi connectivity index (χ1v) is 44.3. The predicted octanol–water partition coefficient (Wildman–Crippen LogP) is 23.8. The van der Waals surface area contributed by atoms with Crippen LogP contribution in [0, 0.1) is 47.3 Å². The molecule has 2 aromatic carbocycles. The van der Waals surface area contributed by atoms with E-state index in [4.69, 9.17) is 0 Å². The van der Waals surface area contributed by atoms with Crippen molar-refractivity contribution in [2.24, 2.45) is 47.3 Å². The van der Waals surface area contributed by atoms with Gasteiger partial charge in [0.25, 0.3) is 23.6 Å². The summed E-state index contributed by atoms with van der Waals surface area (Å²) in [4.78, 5) is 60.4. The standard InChI is InChI=1S/C66H86N2O4S14/c1-9-39(10-2)31-75-59-60(76-32-40(11-3)12-4)84-65(83-59)63-79-37-51(81-63)73-35-45-21-17-43(18-22-45)29-67-55(69)47-25-27-49-54-50(28-26-48(53(47)54)56(67)70)58(72)68(57(49)71)30-44-19-23-46(24-20-44)36-74-52-38-80-64(82-52)66-85-61(77-33-41(13-5)14-6)62(86-66)78-34-42(15-7)16-8/h25-28,37-46H,9-24,29-36H2,1-8H3. The van der Waals surface area contributed by atoms with E-state index in [2.05, 4.69) is 113 Å². The van der Waals surface area contributed by atoms with E-state index in [-0.39, 0.29) is 35.5 Å². The minimum Gasteiger partial charge on any atom is -0.274 e. The van der Waals surface area contributed by atoms with Gasteiger partial charge in [0.2, 0.25) is 0 Å². The van der Waals surface area contributed by atoms with Gasteiger partial charge >= 0.3 is 0 Å².